The summed E-state index contributed by atoms with van der Waals surface area (Å²) in [5.74, 6) is -3.60. The van der Waals surface area contributed by atoms with Crippen LogP contribution in [0.4, 0.5) is 32.2 Å². The molecule has 0 saturated heterocycles. The molecule has 0 spiro atoms. The Morgan fingerprint density at radius 2 is 1.73 bits per heavy atom. The van der Waals surface area contributed by atoms with Gasteiger partial charge < -0.3 is 10.6 Å². The van der Waals surface area contributed by atoms with Gasteiger partial charge in [-0.25, -0.2) is 17.9 Å². The van der Waals surface area contributed by atoms with Crippen molar-refractivity contribution in [2.24, 2.45) is 0 Å². The SMILES string of the molecule is CCN1C(=O)[C@@H](NC(=O)c2cccc(C(F)(F)F)c2)[C@@H](c2ccc(F)cc2)c2c([C@H](NC#N)C(F)F)nn(-c3ccccc3)c21. The minimum absolute atomic E-state index is 0.0269. The van der Waals surface area contributed by atoms with E-state index < -0.39 is 59.4 Å². The topological polar surface area (TPSA) is 103 Å². The smallest absolute Gasteiger partial charge is 0.339 e. The van der Waals surface area contributed by atoms with E-state index in [-0.39, 0.29) is 29.2 Å². The number of aromatic nitrogens is 2. The molecule has 1 aromatic heterocycles. The third-order valence-electron chi connectivity index (χ3n) is 7.41. The minimum atomic E-state index is -4.75. The number of hydrogen-bond acceptors (Lipinski definition) is 5. The van der Waals surface area contributed by atoms with Gasteiger partial charge in [-0.15, -0.1) is 0 Å². The summed E-state index contributed by atoms with van der Waals surface area (Å²) >= 11 is 0. The zero-order chi connectivity index (χ0) is 32.5. The second-order valence-corrected chi connectivity index (χ2v) is 10.1. The summed E-state index contributed by atoms with van der Waals surface area (Å²) in [6.07, 6.45) is -6.40. The van der Waals surface area contributed by atoms with Crippen molar-refractivity contribution in [3.8, 4) is 11.9 Å². The molecule has 3 atom stereocenters. The third-order valence-corrected chi connectivity index (χ3v) is 7.41. The van der Waals surface area contributed by atoms with Gasteiger partial charge in [0.05, 0.1) is 16.9 Å². The normalized spacial score (nSPS) is 17.0. The lowest BCUT2D eigenvalue weighted by Crippen LogP contribution is -2.55. The maximum atomic E-state index is 14.5. The summed E-state index contributed by atoms with van der Waals surface area (Å²) in [6, 6.07) is 13.1. The number of rotatable bonds is 8. The number of carbonyl (C=O) groups is 2. The number of nitrogens with one attached hydrogen (secondary N) is 2. The molecule has 0 bridgehead atoms. The number of amides is 2. The first kappa shape index (κ1) is 31.1. The first-order chi connectivity index (χ1) is 21.5. The fourth-order valence-electron chi connectivity index (χ4n) is 5.42. The Balaban J connectivity index is 1.76. The molecule has 0 radical (unpaired) electrons. The van der Waals surface area contributed by atoms with Crippen molar-refractivity contribution in [3.05, 3.63) is 113 Å². The Labute approximate surface area is 252 Å². The van der Waals surface area contributed by atoms with Crippen LogP contribution in [-0.4, -0.2) is 40.6 Å². The fourth-order valence-corrected chi connectivity index (χ4v) is 5.42. The second kappa shape index (κ2) is 12.4. The lowest BCUT2D eigenvalue weighted by atomic mass is 9.80. The number of benzene rings is 3. The maximum Gasteiger partial charge on any atom is 0.416 e. The molecule has 2 N–H and O–H groups in total. The van der Waals surface area contributed by atoms with Crippen molar-refractivity contribution in [1.29, 1.82) is 5.26 Å². The Hall–Kier alpha value is -5.32. The summed E-state index contributed by atoms with van der Waals surface area (Å²) in [7, 11) is 0. The number of hydrogen-bond donors (Lipinski definition) is 2. The van der Waals surface area contributed by atoms with Crippen LogP contribution < -0.4 is 15.5 Å². The van der Waals surface area contributed by atoms with E-state index >= 15 is 0 Å². The number of nitriles is 1. The Bertz CT molecular complexity index is 1750. The van der Waals surface area contributed by atoms with E-state index in [4.69, 9.17) is 0 Å². The maximum absolute atomic E-state index is 14.5. The first-order valence-electron chi connectivity index (χ1n) is 13.6. The van der Waals surface area contributed by atoms with Gasteiger partial charge in [-0.1, -0.05) is 36.4 Å². The van der Waals surface area contributed by atoms with Crippen molar-refractivity contribution in [2.45, 2.75) is 37.5 Å². The molecule has 0 aliphatic carbocycles. The Morgan fingerprint density at radius 1 is 1.04 bits per heavy atom. The van der Waals surface area contributed by atoms with E-state index in [1.807, 2.05) is 0 Å². The Kier molecular flexibility index (Phi) is 8.54. The van der Waals surface area contributed by atoms with Crippen molar-refractivity contribution >= 4 is 17.6 Å². The average Bonchev–Trinajstić information content (AvgIpc) is 3.40. The van der Waals surface area contributed by atoms with Gasteiger partial charge in [-0.3, -0.25) is 14.5 Å². The Morgan fingerprint density at radius 3 is 2.33 bits per heavy atom. The molecule has 1 aliphatic heterocycles. The highest BCUT2D eigenvalue weighted by Gasteiger charge is 2.48. The molecule has 3 aromatic carbocycles. The molecule has 5 rings (SSSR count). The molecule has 45 heavy (non-hydrogen) atoms. The van der Waals surface area contributed by atoms with Crippen LogP contribution in [0.3, 0.4) is 0 Å². The minimum Gasteiger partial charge on any atom is -0.339 e. The number of likely N-dealkylation sites (N-methyl/N-ethyl adjacent to an activating group) is 1. The highest BCUT2D eigenvalue weighted by molar-refractivity contribution is 6.05. The quantitative estimate of drug-likeness (QED) is 0.148. The molecule has 2 amide bonds. The number of carbonyl (C=O) groups excluding carboxylic acids is 2. The summed E-state index contributed by atoms with van der Waals surface area (Å²) in [5.41, 5.74) is -1.17. The van der Waals surface area contributed by atoms with Crippen LogP contribution in [0.1, 0.15) is 51.6 Å². The van der Waals surface area contributed by atoms with Gasteiger partial charge in [-0.05, 0) is 55.0 Å². The number of alkyl halides is 5. The lowest BCUT2D eigenvalue weighted by molar-refractivity contribution is -0.137. The molecular formula is C31H24F6N6O2. The average molecular weight is 627 g/mol. The van der Waals surface area contributed by atoms with E-state index in [0.29, 0.717) is 11.8 Å². The highest BCUT2D eigenvalue weighted by atomic mass is 19.4. The van der Waals surface area contributed by atoms with E-state index in [2.05, 4.69) is 15.7 Å². The highest BCUT2D eigenvalue weighted by Crippen LogP contribution is 2.46. The summed E-state index contributed by atoms with van der Waals surface area (Å²) in [5, 5.41) is 18.4. The van der Waals surface area contributed by atoms with Crippen LogP contribution in [0.25, 0.3) is 5.69 Å². The summed E-state index contributed by atoms with van der Waals surface area (Å²) in [4.78, 5) is 28.8. The monoisotopic (exact) mass is 626 g/mol. The molecule has 1 aliphatic rings. The van der Waals surface area contributed by atoms with Crippen LogP contribution in [0.2, 0.25) is 0 Å². The number of halogens is 6. The second-order valence-electron chi connectivity index (χ2n) is 10.1. The molecule has 14 heteroatoms. The zero-order valence-corrected chi connectivity index (χ0v) is 23.4. The van der Waals surface area contributed by atoms with Crippen LogP contribution in [0.5, 0.6) is 0 Å². The number of nitrogens with zero attached hydrogens (tertiary/aromatic N) is 4. The van der Waals surface area contributed by atoms with Crippen molar-refractivity contribution in [2.75, 3.05) is 11.4 Å². The van der Waals surface area contributed by atoms with Gasteiger partial charge in [0.25, 0.3) is 18.2 Å². The standard InChI is InChI=1S/C31H24F6N6O2/c1-2-42-29-23(24(26(27(33)34)39-16-38)41-43(29)21-9-4-3-5-10-21)22(17-11-13-20(32)14-12-17)25(30(42)45)40-28(44)18-7-6-8-19(15-18)31(35,36)37/h3-15,22,25-27,39H,2H2,1H3,(H,40,44)/t22-,25-,26-/m0/s1. The van der Waals surface area contributed by atoms with Gasteiger partial charge in [0.1, 0.15) is 23.7 Å². The van der Waals surface area contributed by atoms with Crippen molar-refractivity contribution in [1.82, 2.24) is 20.4 Å². The molecule has 4 aromatic rings. The van der Waals surface area contributed by atoms with Gasteiger partial charge in [-0.2, -0.15) is 23.5 Å². The molecule has 2 heterocycles. The van der Waals surface area contributed by atoms with E-state index in [9.17, 15) is 41.2 Å². The van der Waals surface area contributed by atoms with Gasteiger partial charge in [0.15, 0.2) is 6.19 Å². The third kappa shape index (κ3) is 5.93. The molecule has 0 fully saturated rings. The lowest BCUT2D eigenvalue weighted by Gasteiger charge is -2.39. The van der Waals surface area contributed by atoms with Crippen molar-refractivity contribution < 1.29 is 35.9 Å². The van der Waals surface area contributed by atoms with E-state index in [0.717, 1.165) is 30.3 Å². The van der Waals surface area contributed by atoms with Gasteiger partial charge in [0.2, 0.25) is 0 Å². The molecule has 0 unspecified atom stereocenters. The van der Waals surface area contributed by atoms with Gasteiger partial charge >= 0.3 is 6.18 Å². The zero-order valence-electron chi connectivity index (χ0n) is 23.4. The largest absolute Gasteiger partial charge is 0.416 e. The van der Waals surface area contributed by atoms with Crippen molar-refractivity contribution in [3.63, 3.8) is 0 Å². The van der Waals surface area contributed by atoms with E-state index in [1.54, 1.807) is 37.3 Å². The van der Waals surface area contributed by atoms with Crippen LogP contribution >= 0.6 is 0 Å². The predicted molar refractivity (Wildman–Crippen MR) is 150 cm³/mol. The van der Waals surface area contributed by atoms with E-state index in [1.165, 1.54) is 27.9 Å². The van der Waals surface area contributed by atoms with Crippen LogP contribution in [0, 0.1) is 17.3 Å². The van der Waals surface area contributed by atoms with Crippen LogP contribution in [0.15, 0.2) is 78.9 Å². The number of para-hydroxylation sites is 1. The number of anilines is 1. The summed E-state index contributed by atoms with van der Waals surface area (Å²) in [6.45, 7) is 1.58. The van der Waals surface area contributed by atoms with Gasteiger partial charge in [0, 0.05) is 23.6 Å². The number of fused-ring (bicyclic) bond motifs is 1. The predicted octanol–water partition coefficient (Wildman–Crippen LogP) is 5.70. The van der Waals surface area contributed by atoms with Crippen LogP contribution in [-0.2, 0) is 11.0 Å². The molecule has 232 valence electrons. The molecular weight excluding hydrogens is 602 g/mol. The first-order valence-corrected chi connectivity index (χ1v) is 13.6. The molecule has 8 nitrogen and oxygen atoms in total. The summed E-state index contributed by atoms with van der Waals surface area (Å²) < 4.78 is 84.5. The fraction of sp³-hybridized carbons (Fsp3) is 0.226. The molecule has 0 saturated carbocycles.